The molecule has 4 heteroatoms. The Bertz CT molecular complexity index is 500. The number of phenols is 1. The van der Waals surface area contributed by atoms with Gasteiger partial charge in [-0.3, -0.25) is 0 Å². The van der Waals surface area contributed by atoms with Crippen molar-refractivity contribution in [3.63, 3.8) is 0 Å². The summed E-state index contributed by atoms with van der Waals surface area (Å²) < 4.78 is 11.5. The van der Waals surface area contributed by atoms with E-state index < -0.39 is 0 Å². The van der Waals surface area contributed by atoms with Gasteiger partial charge in [0.15, 0.2) is 11.5 Å². The molecule has 4 rings (SSSR count). The number of aromatic hydroxyl groups is 1. The first kappa shape index (κ1) is 12.3. The first-order valence-electron chi connectivity index (χ1n) is 7.70. The van der Waals surface area contributed by atoms with Crippen LogP contribution < -0.4 is 14.8 Å². The zero-order valence-corrected chi connectivity index (χ0v) is 11.7. The van der Waals surface area contributed by atoms with Gasteiger partial charge in [0.05, 0.1) is 13.2 Å². The normalized spacial score (nSPS) is 21.2. The predicted molar refractivity (Wildman–Crippen MR) is 75.8 cm³/mol. The summed E-state index contributed by atoms with van der Waals surface area (Å²) >= 11 is 0. The van der Waals surface area contributed by atoms with Gasteiger partial charge in [0, 0.05) is 29.5 Å². The van der Waals surface area contributed by atoms with Gasteiger partial charge in [0.1, 0.15) is 5.75 Å². The minimum Gasteiger partial charge on any atom is -0.504 e. The van der Waals surface area contributed by atoms with Crippen LogP contribution >= 0.6 is 0 Å². The molecule has 1 saturated heterocycles. The Morgan fingerprint density at radius 1 is 1.00 bits per heavy atom. The van der Waals surface area contributed by atoms with Crippen molar-refractivity contribution >= 4 is 0 Å². The molecule has 108 valence electrons. The molecule has 1 aromatic carbocycles. The third-order valence-electron chi connectivity index (χ3n) is 4.84. The molecule has 3 aliphatic rings. The van der Waals surface area contributed by atoms with Crippen LogP contribution in [0.25, 0.3) is 0 Å². The average Bonchev–Trinajstić information content (AvgIpc) is 3.14. The van der Waals surface area contributed by atoms with E-state index in [1.165, 1.54) is 24.0 Å². The quantitative estimate of drug-likeness (QED) is 0.864. The third kappa shape index (κ3) is 1.85. The summed E-state index contributed by atoms with van der Waals surface area (Å²) in [5, 5.41) is 13.8. The monoisotopic (exact) mass is 275 g/mol. The smallest absolute Gasteiger partial charge is 0.165 e. The van der Waals surface area contributed by atoms with Gasteiger partial charge in [-0.05, 0) is 38.3 Å². The molecule has 0 aliphatic carbocycles. The first-order chi connectivity index (χ1) is 9.84. The Morgan fingerprint density at radius 2 is 1.70 bits per heavy atom. The summed E-state index contributed by atoms with van der Waals surface area (Å²) in [6.45, 7) is 3.60. The molecule has 0 unspecified atom stereocenters. The Morgan fingerprint density at radius 3 is 2.50 bits per heavy atom. The van der Waals surface area contributed by atoms with Crippen molar-refractivity contribution < 1.29 is 14.6 Å². The minimum absolute atomic E-state index is 0.332. The SMILES string of the molecule is Oc1c2c(c(CC3CCNCC3)c3c1OCC3)OCC2. The van der Waals surface area contributed by atoms with E-state index in [-0.39, 0.29) is 0 Å². The molecule has 0 bridgehead atoms. The van der Waals surface area contributed by atoms with Gasteiger partial charge in [0.25, 0.3) is 0 Å². The number of hydrogen-bond acceptors (Lipinski definition) is 4. The molecule has 4 nitrogen and oxygen atoms in total. The Kier molecular flexibility index (Phi) is 2.99. The van der Waals surface area contributed by atoms with E-state index in [0.29, 0.717) is 19.0 Å². The average molecular weight is 275 g/mol. The fourth-order valence-corrected chi connectivity index (χ4v) is 3.77. The molecule has 3 aliphatic heterocycles. The zero-order valence-electron chi connectivity index (χ0n) is 11.7. The van der Waals surface area contributed by atoms with Crippen molar-refractivity contribution in [2.24, 2.45) is 5.92 Å². The lowest BCUT2D eigenvalue weighted by Gasteiger charge is -2.24. The van der Waals surface area contributed by atoms with Crippen LogP contribution in [0, 0.1) is 5.92 Å². The maximum atomic E-state index is 10.3. The highest BCUT2D eigenvalue weighted by Crippen LogP contribution is 2.49. The van der Waals surface area contributed by atoms with Crippen LogP contribution in [0.1, 0.15) is 29.5 Å². The molecule has 0 atom stereocenters. The van der Waals surface area contributed by atoms with E-state index in [4.69, 9.17) is 9.47 Å². The first-order valence-corrected chi connectivity index (χ1v) is 7.70. The number of benzene rings is 1. The molecule has 0 amide bonds. The minimum atomic E-state index is 0.332. The lowest BCUT2D eigenvalue weighted by atomic mass is 9.86. The largest absolute Gasteiger partial charge is 0.504 e. The fraction of sp³-hybridized carbons (Fsp3) is 0.625. The zero-order chi connectivity index (χ0) is 13.5. The van der Waals surface area contributed by atoms with Gasteiger partial charge in [-0.15, -0.1) is 0 Å². The van der Waals surface area contributed by atoms with Crippen LogP contribution in [-0.4, -0.2) is 31.4 Å². The number of ether oxygens (including phenoxy) is 2. The molecule has 0 spiro atoms. The lowest BCUT2D eigenvalue weighted by molar-refractivity contribution is 0.332. The van der Waals surface area contributed by atoms with E-state index in [0.717, 1.165) is 55.3 Å². The van der Waals surface area contributed by atoms with Gasteiger partial charge in [-0.25, -0.2) is 0 Å². The van der Waals surface area contributed by atoms with E-state index in [9.17, 15) is 5.11 Å². The van der Waals surface area contributed by atoms with Crippen LogP contribution in [0.5, 0.6) is 17.2 Å². The number of piperidine rings is 1. The molecule has 0 saturated carbocycles. The Balaban J connectivity index is 1.74. The van der Waals surface area contributed by atoms with E-state index in [1.807, 2.05) is 0 Å². The summed E-state index contributed by atoms with van der Waals surface area (Å²) in [6.07, 6.45) is 5.23. The highest BCUT2D eigenvalue weighted by atomic mass is 16.5. The van der Waals surface area contributed by atoms with Crippen molar-refractivity contribution in [1.82, 2.24) is 5.32 Å². The Labute approximate surface area is 119 Å². The van der Waals surface area contributed by atoms with Crippen LogP contribution in [0.15, 0.2) is 0 Å². The van der Waals surface area contributed by atoms with Gasteiger partial charge in [-0.1, -0.05) is 0 Å². The summed E-state index contributed by atoms with van der Waals surface area (Å²) in [7, 11) is 0. The molecule has 0 aromatic heterocycles. The second kappa shape index (κ2) is 4.85. The van der Waals surface area contributed by atoms with Gasteiger partial charge in [-0.2, -0.15) is 0 Å². The van der Waals surface area contributed by atoms with Crippen LogP contribution in [-0.2, 0) is 19.3 Å². The molecule has 2 N–H and O–H groups in total. The highest BCUT2D eigenvalue weighted by Gasteiger charge is 2.32. The fourth-order valence-electron chi connectivity index (χ4n) is 3.77. The number of nitrogens with one attached hydrogen (secondary N) is 1. The van der Waals surface area contributed by atoms with Crippen molar-refractivity contribution in [2.75, 3.05) is 26.3 Å². The number of hydrogen-bond donors (Lipinski definition) is 2. The molecule has 0 radical (unpaired) electrons. The summed E-state index contributed by atoms with van der Waals surface area (Å²) in [5.41, 5.74) is 3.48. The Hall–Kier alpha value is -1.42. The van der Waals surface area contributed by atoms with Gasteiger partial charge >= 0.3 is 0 Å². The summed E-state index contributed by atoms with van der Waals surface area (Å²) in [4.78, 5) is 0. The number of fused-ring (bicyclic) bond motifs is 2. The highest BCUT2D eigenvalue weighted by molar-refractivity contribution is 5.65. The van der Waals surface area contributed by atoms with E-state index in [2.05, 4.69) is 5.32 Å². The van der Waals surface area contributed by atoms with Crippen LogP contribution in [0.3, 0.4) is 0 Å². The summed E-state index contributed by atoms with van der Waals surface area (Å²) in [5.74, 6) is 2.75. The third-order valence-corrected chi connectivity index (χ3v) is 4.84. The standard InChI is InChI=1S/C16H21NO3/c18-14-12-4-8-19-15(12)13(11-3-7-20-16(11)14)9-10-1-5-17-6-2-10/h10,17-18H,1-9H2. The second-order valence-electron chi connectivity index (χ2n) is 6.04. The van der Waals surface area contributed by atoms with Gasteiger partial charge < -0.3 is 19.9 Å². The van der Waals surface area contributed by atoms with Gasteiger partial charge in [0.2, 0.25) is 0 Å². The van der Waals surface area contributed by atoms with Crippen LogP contribution in [0.2, 0.25) is 0 Å². The summed E-state index contributed by atoms with van der Waals surface area (Å²) in [6, 6.07) is 0. The maximum Gasteiger partial charge on any atom is 0.165 e. The van der Waals surface area contributed by atoms with Crippen molar-refractivity contribution in [3.8, 4) is 17.2 Å². The molecule has 20 heavy (non-hydrogen) atoms. The van der Waals surface area contributed by atoms with E-state index >= 15 is 0 Å². The molecule has 3 heterocycles. The molecule has 1 aromatic rings. The predicted octanol–water partition coefficient (Wildman–Crippen LogP) is 1.80. The second-order valence-corrected chi connectivity index (χ2v) is 6.04. The van der Waals surface area contributed by atoms with Crippen LogP contribution in [0.4, 0.5) is 0 Å². The van der Waals surface area contributed by atoms with Crippen molar-refractivity contribution in [1.29, 1.82) is 0 Å². The maximum absolute atomic E-state index is 10.3. The molecular weight excluding hydrogens is 254 g/mol. The van der Waals surface area contributed by atoms with E-state index in [1.54, 1.807) is 0 Å². The topological polar surface area (TPSA) is 50.7 Å². The van der Waals surface area contributed by atoms with Crippen molar-refractivity contribution in [3.05, 3.63) is 16.7 Å². The van der Waals surface area contributed by atoms with Crippen molar-refractivity contribution in [2.45, 2.75) is 32.1 Å². The molecular formula is C16H21NO3. The lowest BCUT2D eigenvalue weighted by Crippen LogP contribution is -2.28. The number of rotatable bonds is 2. The molecule has 1 fully saturated rings. The number of phenolic OH excluding ortho intramolecular Hbond substituents is 1.